The molecule has 0 aliphatic heterocycles. The molecule has 0 amide bonds. The molecule has 1 unspecified atom stereocenters. The molecule has 0 fully saturated rings. The van der Waals surface area contributed by atoms with Gasteiger partial charge in [0, 0.05) is 28.6 Å². The Labute approximate surface area is 197 Å². The second-order valence-corrected chi connectivity index (χ2v) is 8.30. The second kappa shape index (κ2) is 8.18. The number of rotatable bonds is 4. The Balaban J connectivity index is 1.39. The normalized spacial score (nSPS) is 16.2. The van der Waals surface area contributed by atoms with Crippen LogP contribution in [0.15, 0.2) is 119 Å². The summed E-state index contributed by atoms with van der Waals surface area (Å²) in [6, 6.07) is 35.2. The Morgan fingerprint density at radius 3 is 1.97 bits per heavy atom. The van der Waals surface area contributed by atoms with Gasteiger partial charge in [-0.15, -0.1) is 0 Å². The number of aliphatic hydroxyl groups is 1. The zero-order valence-electron chi connectivity index (χ0n) is 18.3. The first kappa shape index (κ1) is 20.2. The van der Waals surface area contributed by atoms with Gasteiger partial charge in [-0.05, 0) is 64.9 Å². The maximum absolute atomic E-state index is 13.2. The van der Waals surface area contributed by atoms with Crippen LogP contribution in [0.2, 0.25) is 0 Å². The van der Waals surface area contributed by atoms with E-state index in [0.29, 0.717) is 28.3 Å². The van der Waals surface area contributed by atoms with Crippen LogP contribution in [0.25, 0.3) is 16.8 Å². The van der Waals surface area contributed by atoms with Gasteiger partial charge in [0.05, 0.1) is 0 Å². The van der Waals surface area contributed by atoms with Crippen LogP contribution >= 0.6 is 0 Å². The van der Waals surface area contributed by atoms with Crippen molar-refractivity contribution in [1.82, 2.24) is 0 Å². The molecule has 5 aromatic rings. The molecule has 4 nitrogen and oxygen atoms in total. The lowest BCUT2D eigenvalue weighted by Gasteiger charge is -2.22. The lowest BCUT2D eigenvalue weighted by molar-refractivity contribution is 0.102. The Morgan fingerprint density at radius 2 is 1.32 bits per heavy atom. The summed E-state index contributed by atoms with van der Waals surface area (Å²) >= 11 is 0. The average Bonchev–Trinajstić information content (AvgIpc) is 3.43. The maximum Gasteiger partial charge on any atom is 0.205 e. The first-order valence-electron chi connectivity index (χ1n) is 11.2. The van der Waals surface area contributed by atoms with Gasteiger partial charge in [0.1, 0.15) is 11.9 Å². The van der Waals surface area contributed by atoms with E-state index in [9.17, 15) is 9.90 Å². The minimum absolute atomic E-state index is 0.172. The van der Waals surface area contributed by atoms with Gasteiger partial charge in [-0.2, -0.15) is 0 Å². The fourth-order valence-electron chi connectivity index (χ4n) is 4.52. The largest absolute Gasteiger partial charge is 0.440 e. The topological polar surface area (TPSA) is 53.7 Å². The van der Waals surface area contributed by atoms with E-state index in [2.05, 4.69) is 0 Å². The molecule has 0 saturated heterocycles. The molecular formula is C30H21NO3. The average molecular weight is 444 g/mol. The third kappa shape index (κ3) is 3.41. The molecule has 0 radical (unpaired) electrons. The fourth-order valence-corrected chi connectivity index (χ4v) is 4.52. The summed E-state index contributed by atoms with van der Waals surface area (Å²) in [4.78, 5) is 15.2. The van der Waals surface area contributed by atoms with Crippen LogP contribution in [-0.4, -0.2) is 10.9 Å². The number of fused-ring (bicyclic) bond motifs is 2. The lowest BCUT2D eigenvalue weighted by atomic mass is 10.0. The Morgan fingerprint density at radius 1 is 0.735 bits per heavy atom. The number of anilines is 3. The van der Waals surface area contributed by atoms with Crippen LogP contribution in [-0.2, 0) is 0 Å². The monoisotopic (exact) mass is 443 g/mol. The summed E-state index contributed by atoms with van der Waals surface area (Å²) in [5, 5.41) is 12.9. The summed E-state index contributed by atoms with van der Waals surface area (Å²) < 4.78 is 6.18. The number of furan rings is 1. The summed E-state index contributed by atoms with van der Waals surface area (Å²) in [5.41, 5.74) is 3.41. The predicted octanol–water partition coefficient (Wildman–Crippen LogP) is 7.22. The number of para-hydroxylation sites is 2. The first-order valence-corrected chi connectivity index (χ1v) is 11.2. The first-order chi connectivity index (χ1) is 16.7. The minimum atomic E-state index is -0.986. The van der Waals surface area contributed by atoms with Gasteiger partial charge in [-0.3, -0.25) is 9.69 Å². The SMILES string of the molecule is O=C1/C(=C\c2ccc(N(c3ccccc3)c3ccccc3)o2)C(O)c2cc3ccccc3cc21. The Kier molecular flexibility index (Phi) is 4.86. The molecule has 1 N–H and O–H groups in total. The number of aliphatic hydroxyl groups excluding tert-OH is 1. The van der Waals surface area contributed by atoms with Crippen LogP contribution in [0.4, 0.5) is 17.3 Å². The molecule has 1 heterocycles. The van der Waals surface area contributed by atoms with Crippen molar-refractivity contribution >= 4 is 39.9 Å². The quantitative estimate of drug-likeness (QED) is 0.298. The molecule has 4 aromatic carbocycles. The zero-order chi connectivity index (χ0) is 23.1. The third-order valence-electron chi connectivity index (χ3n) is 6.17. The van der Waals surface area contributed by atoms with E-state index in [1.807, 2.05) is 114 Å². The van der Waals surface area contributed by atoms with Gasteiger partial charge in [-0.1, -0.05) is 60.7 Å². The highest BCUT2D eigenvalue weighted by atomic mass is 16.4. The number of hydrogen-bond donors (Lipinski definition) is 1. The second-order valence-electron chi connectivity index (χ2n) is 8.30. The summed E-state index contributed by atoms with van der Waals surface area (Å²) in [7, 11) is 0. The zero-order valence-corrected chi connectivity index (χ0v) is 18.3. The molecule has 0 spiro atoms. The standard InChI is InChI=1S/C30H21NO3/c32-29-25-17-20-9-7-8-10-21(20)18-26(25)30(33)27(29)19-24-15-16-28(34-24)31(22-11-3-1-4-12-22)23-13-5-2-6-14-23/h1-19,29,32H/b27-19-. The number of hydrogen-bond acceptors (Lipinski definition) is 4. The third-order valence-corrected chi connectivity index (χ3v) is 6.17. The van der Waals surface area contributed by atoms with Crippen molar-refractivity contribution in [2.45, 2.75) is 6.10 Å². The van der Waals surface area contributed by atoms with Crippen LogP contribution < -0.4 is 4.90 Å². The van der Waals surface area contributed by atoms with E-state index in [-0.39, 0.29) is 5.78 Å². The maximum atomic E-state index is 13.2. The van der Waals surface area contributed by atoms with E-state index in [1.54, 1.807) is 6.08 Å². The molecule has 4 heteroatoms. The molecule has 6 rings (SSSR count). The highest BCUT2D eigenvalue weighted by Crippen LogP contribution is 2.40. The lowest BCUT2D eigenvalue weighted by Crippen LogP contribution is -2.08. The van der Waals surface area contributed by atoms with Crippen LogP contribution in [0.5, 0.6) is 0 Å². The fraction of sp³-hybridized carbons (Fsp3) is 0.0333. The summed E-state index contributed by atoms with van der Waals surface area (Å²) in [6.45, 7) is 0. The van der Waals surface area contributed by atoms with Crippen molar-refractivity contribution in [2.24, 2.45) is 0 Å². The molecule has 1 aliphatic rings. The van der Waals surface area contributed by atoms with Crippen molar-refractivity contribution in [3.8, 4) is 0 Å². The number of carbonyl (C=O) groups excluding carboxylic acids is 1. The Bertz CT molecular complexity index is 1490. The Hall–Kier alpha value is -4.41. The van der Waals surface area contributed by atoms with E-state index in [0.717, 1.165) is 22.1 Å². The molecular weight excluding hydrogens is 422 g/mol. The van der Waals surface area contributed by atoms with Gasteiger partial charge in [0.15, 0.2) is 5.78 Å². The summed E-state index contributed by atoms with van der Waals surface area (Å²) in [6.07, 6.45) is 0.662. The number of carbonyl (C=O) groups is 1. The predicted molar refractivity (Wildman–Crippen MR) is 135 cm³/mol. The van der Waals surface area contributed by atoms with Gasteiger partial charge >= 0.3 is 0 Å². The van der Waals surface area contributed by atoms with Gasteiger partial charge < -0.3 is 9.52 Å². The minimum Gasteiger partial charge on any atom is -0.440 e. The van der Waals surface area contributed by atoms with Gasteiger partial charge in [0.2, 0.25) is 5.88 Å². The summed E-state index contributed by atoms with van der Waals surface area (Å²) in [5.74, 6) is 0.952. The van der Waals surface area contributed by atoms with Crippen LogP contribution in [0, 0.1) is 0 Å². The van der Waals surface area contributed by atoms with E-state index >= 15 is 0 Å². The van der Waals surface area contributed by atoms with Gasteiger partial charge in [0.25, 0.3) is 0 Å². The molecule has 164 valence electrons. The number of benzene rings is 4. The van der Waals surface area contributed by atoms with Gasteiger partial charge in [-0.25, -0.2) is 0 Å². The van der Waals surface area contributed by atoms with Crippen molar-refractivity contribution in [3.05, 3.63) is 132 Å². The smallest absolute Gasteiger partial charge is 0.205 e. The number of Topliss-reactive ketones (excluding diaryl/α,β-unsaturated/α-hetero) is 1. The molecule has 1 atom stereocenters. The number of ketones is 1. The van der Waals surface area contributed by atoms with Crippen molar-refractivity contribution in [3.63, 3.8) is 0 Å². The molecule has 0 bridgehead atoms. The van der Waals surface area contributed by atoms with Crippen molar-refractivity contribution in [1.29, 1.82) is 0 Å². The highest BCUT2D eigenvalue weighted by molar-refractivity contribution is 6.17. The van der Waals surface area contributed by atoms with Crippen LogP contribution in [0.1, 0.15) is 27.8 Å². The van der Waals surface area contributed by atoms with Crippen LogP contribution in [0.3, 0.4) is 0 Å². The number of nitrogens with zero attached hydrogens (tertiary/aromatic N) is 1. The van der Waals surface area contributed by atoms with Crippen molar-refractivity contribution < 1.29 is 14.3 Å². The molecule has 1 aliphatic carbocycles. The molecule has 0 saturated carbocycles. The van der Waals surface area contributed by atoms with E-state index in [4.69, 9.17) is 4.42 Å². The molecule has 34 heavy (non-hydrogen) atoms. The van der Waals surface area contributed by atoms with Crippen molar-refractivity contribution in [2.75, 3.05) is 4.90 Å². The molecule has 1 aromatic heterocycles. The highest BCUT2D eigenvalue weighted by Gasteiger charge is 2.34. The van der Waals surface area contributed by atoms with E-state index < -0.39 is 6.10 Å². The van der Waals surface area contributed by atoms with E-state index in [1.165, 1.54) is 0 Å².